The van der Waals surface area contributed by atoms with Crippen LogP contribution in [0.15, 0.2) is 296 Å². The molecule has 5 heteroatoms. The number of nitrogens with zero attached hydrogens (tertiary/aromatic N) is 3. The number of halogens is 1. The minimum absolute atomic E-state index is 0.0286. The van der Waals surface area contributed by atoms with Gasteiger partial charge in [-0.2, -0.15) is 0 Å². The summed E-state index contributed by atoms with van der Waals surface area (Å²) in [6, 6.07) is 99.5. The number of hydrogen-bond donors (Lipinski definition) is 1. The van der Waals surface area contributed by atoms with Crippen LogP contribution in [0.1, 0.15) is 49.9 Å². The summed E-state index contributed by atoms with van der Waals surface area (Å²) in [6.07, 6.45) is 3.73. The molecule has 1 N–H and O–H groups in total. The molecular formula is C80H61BrN4. The van der Waals surface area contributed by atoms with E-state index >= 15 is 0 Å². The molecule has 12 aromatic carbocycles. The summed E-state index contributed by atoms with van der Waals surface area (Å²) in [5, 5.41) is 10.6. The van der Waals surface area contributed by atoms with Crippen LogP contribution in [0.5, 0.6) is 0 Å². The lowest BCUT2D eigenvalue weighted by molar-refractivity contribution is 0.660. The van der Waals surface area contributed by atoms with E-state index in [2.05, 4.69) is 314 Å². The zero-order chi connectivity index (χ0) is 57.7. The van der Waals surface area contributed by atoms with Crippen LogP contribution >= 0.6 is 15.9 Å². The van der Waals surface area contributed by atoms with Gasteiger partial charge in [-0.3, -0.25) is 9.97 Å². The first-order chi connectivity index (χ1) is 41.6. The van der Waals surface area contributed by atoms with E-state index in [0.717, 1.165) is 54.7 Å². The number of nitrogens with one attached hydrogen (secondary N) is 1. The molecule has 16 rings (SSSR count). The summed E-state index contributed by atoms with van der Waals surface area (Å²) >= 11 is 3.58. The lowest BCUT2D eigenvalue weighted by atomic mass is 9.82. The van der Waals surface area contributed by atoms with Crippen molar-refractivity contribution in [1.82, 2.24) is 9.97 Å². The number of fused-ring (bicyclic) bond motifs is 12. The fraction of sp³-hybridized carbons (Fsp3) is 0.0750. The summed E-state index contributed by atoms with van der Waals surface area (Å²) < 4.78 is 1.10. The molecule has 2 heterocycles. The molecule has 0 saturated carbocycles. The smallest absolute Gasteiger partial charge is 0.0801 e. The van der Waals surface area contributed by atoms with Crippen LogP contribution in [0.4, 0.5) is 28.4 Å². The maximum atomic E-state index is 4.87. The summed E-state index contributed by atoms with van der Waals surface area (Å²) in [4.78, 5) is 11.7. The molecule has 0 atom stereocenters. The standard InChI is InChI=1S/C40H30N2.C27H23N.C13H8BrN/c1-40(2)35-15-7-6-14-33(35)34-24-23-32(26-36(34)40)42(31-21-19-28(20-22-31)27-10-4-3-5-11-27)37-16-8-12-29-17-18-30-13-9-25-41-39(30)38(29)37;1-27(2)25-11-7-6-10-23(25)24-17-16-22(18-26(24)27)28-21-14-12-20(13-15-21)19-8-4-3-5-9-19;14-11-5-1-3-9-6-7-10-4-2-8-15-13(10)12(9)11/h3-26H,1-2H3;3-18,28H,1-2H3;1-8H. The Labute approximate surface area is 505 Å². The van der Waals surface area contributed by atoms with Crippen LogP contribution < -0.4 is 10.2 Å². The van der Waals surface area contributed by atoms with Crippen molar-refractivity contribution in [3.05, 3.63) is 318 Å². The normalized spacial score (nSPS) is 13.0. The Morgan fingerprint density at radius 2 is 0.765 bits per heavy atom. The molecule has 0 fully saturated rings. The number of hydrogen-bond acceptors (Lipinski definition) is 4. The molecule has 4 nitrogen and oxygen atoms in total. The quantitative estimate of drug-likeness (QED) is 0.162. The largest absolute Gasteiger partial charge is 0.356 e. The van der Waals surface area contributed by atoms with E-state index in [1.165, 1.54) is 88.3 Å². The molecule has 85 heavy (non-hydrogen) atoms. The fourth-order valence-electron chi connectivity index (χ4n) is 13.0. The van der Waals surface area contributed by atoms with Gasteiger partial charge in [0.15, 0.2) is 0 Å². The molecule has 0 spiro atoms. The third kappa shape index (κ3) is 9.80. The van der Waals surface area contributed by atoms with Crippen molar-refractivity contribution >= 4 is 87.7 Å². The van der Waals surface area contributed by atoms with Gasteiger partial charge < -0.3 is 10.2 Å². The van der Waals surface area contributed by atoms with Gasteiger partial charge in [0, 0.05) is 72.0 Å². The van der Waals surface area contributed by atoms with E-state index in [1.54, 1.807) is 0 Å². The molecule has 0 radical (unpaired) electrons. The van der Waals surface area contributed by atoms with Gasteiger partial charge >= 0.3 is 0 Å². The Kier molecular flexibility index (Phi) is 13.7. The number of anilines is 5. The second-order valence-electron chi connectivity index (χ2n) is 23.1. The summed E-state index contributed by atoms with van der Waals surface area (Å²) in [5.41, 5.74) is 23.4. The first kappa shape index (κ1) is 53.1. The highest BCUT2D eigenvalue weighted by molar-refractivity contribution is 9.10. The van der Waals surface area contributed by atoms with Gasteiger partial charge in [-0.05, 0) is 150 Å². The molecule has 0 amide bonds. The van der Waals surface area contributed by atoms with Crippen molar-refractivity contribution in [2.45, 2.75) is 38.5 Å². The average molecular weight is 1160 g/mol. The molecule has 2 aliphatic rings. The summed E-state index contributed by atoms with van der Waals surface area (Å²) in [7, 11) is 0. The summed E-state index contributed by atoms with van der Waals surface area (Å²) in [5.74, 6) is 0. The van der Waals surface area contributed by atoms with Gasteiger partial charge in [-0.25, -0.2) is 0 Å². The van der Waals surface area contributed by atoms with Gasteiger partial charge in [-0.15, -0.1) is 0 Å². The molecular weight excluding hydrogens is 1100 g/mol. The third-order valence-electron chi connectivity index (χ3n) is 17.3. The van der Waals surface area contributed by atoms with E-state index in [4.69, 9.17) is 4.98 Å². The van der Waals surface area contributed by atoms with E-state index in [-0.39, 0.29) is 10.8 Å². The van der Waals surface area contributed by atoms with Gasteiger partial charge in [0.2, 0.25) is 0 Å². The predicted molar refractivity (Wildman–Crippen MR) is 363 cm³/mol. The monoisotopic (exact) mass is 1160 g/mol. The van der Waals surface area contributed by atoms with Crippen molar-refractivity contribution in [2.75, 3.05) is 10.2 Å². The third-order valence-corrected chi connectivity index (χ3v) is 18.0. The highest BCUT2D eigenvalue weighted by atomic mass is 79.9. The Morgan fingerprint density at radius 3 is 1.36 bits per heavy atom. The van der Waals surface area contributed by atoms with Crippen molar-refractivity contribution in [2.24, 2.45) is 0 Å². The number of aromatic nitrogens is 2. The number of pyridine rings is 2. The Morgan fingerprint density at radius 1 is 0.329 bits per heavy atom. The van der Waals surface area contributed by atoms with E-state index in [0.29, 0.717) is 0 Å². The molecule has 14 aromatic rings. The van der Waals surface area contributed by atoms with Crippen LogP contribution in [0, 0.1) is 0 Å². The van der Waals surface area contributed by atoms with Gasteiger partial charge in [0.1, 0.15) is 0 Å². The maximum Gasteiger partial charge on any atom is 0.0801 e. The van der Waals surface area contributed by atoms with Crippen molar-refractivity contribution < 1.29 is 0 Å². The van der Waals surface area contributed by atoms with Crippen molar-refractivity contribution in [3.8, 4) is 44.5 Å². The molecule has 0 saturated heterocycles. The molecule has 0 bridgehead atoms. The minimum atomic E-state index is -0.0855. The second-order valence-corrected chi connectivity index (χ2v) is 24.0. The van der Waals surface area contributed by atoms with Crippen LogP contribution in [-0.4, -0.2) is 9.97 Å². The molecule has 0 unspecified atom stereocenters. The van der Waals surface area contributed by atoms with Crippen LogP contribution in [-0.2, 0) is 10.8 Å². The minimum Gasteiger partial charge on any atom is -0.356 e. The van der Waals surface area contributed by atoms with Crippen molar-refractivity contribution in [1.29, 1.82) is 0 Å². The lowest BCUT2D eigenvalue weighted by Gasteiger charge is -2.29. The fourth-order valence-corrected chi connectivity index (χ4v) is 13.5. The van der Waals surface area contributed by atoms with Gasteiger partial charge in [-0.1, -0.05) is 250 Å². The number of rotatable bonds is 7. The average Bonchev–Trinajstić information content (AvgIpc) is 2.81. The Balaban J connectivity index is 0.000000127. The van der Waals surface area contributed by atoms with Gasteiger partial charge in [0.25, 0.3) is 0 Å². The van der Waals surface area contributed by atoms with Crippen LogP contribution in [0.25, 0.3) is 87.9 Å². The van der Waals surface area contributed by atoms with E-state index < -0.39 is 0 Å². The van der Waals surface area contributed by atoms with E-state index in [9.17, 15) is 0 Å². The molecule has 2 aromatic heterocycles. The SMILES string of the molecule is Brc1cccc2ccc3cccnc3c12.CC1(C)c2ccccc2-c2ccc(N(c3ccc(-c4ccccc4)cc3)c3cccc4ccc5cccnc5c34)cc21.CC1(C)c2ccccc2-c2ccc(Nc3ccc(-c4ccccc4)cc3)cc21. The summed E-state index contributed by atoms with van der Waals surface area (Å²) in [6.45, 7) is 9.32. The molecule has 0 aliphatic heterocycles. The molecule has 2 aliphatic carbocycles. The first-order valence-corrected chi connectivity index (χ1v) is 29.9. The number of benzene rings is 12. The zero-order valence-corrected chi connectivity index (χ0v) is 49.5. The lowest BCUT2D eigenvalue weighted by Crippen LogP contribution is -2.16. The molecule has 408 valence electrons. The van der Waals surface area contributed by atoms with Crippen LogP contribution in [0.2, 0.25) is 0 Å². The Hall–Kier alpha value is -9.94. The van der Waals surface area contributed by atoms with Crippen molar-refractivity contribution in [3.63, 3.8) is 0 Å². The first-order valence-electron chi connectivity index (χ1n) is 29.1. The highest BCUT2D eigenvalue weighted by Gasteiger charge is 2.37. The second kappa shape index (κ2) is 22.0. The van der Waals surface area contributed by atoms with E-state index in [1.807, 2.05) is 36.7 Å². The topological polar surface area (TPSA) is 41.1 Å². The zero-order valence-electron chi connectivity index (χ0n) is 47.9. The maximum absolute atomic E-state index is 4.87. The predicted octanol–water partition coefficient (Wildman–Crippen LogP) is 22.4. The highest BCUT2D eigenvalue weighted by Crippen LogP contribution is 2.52. The van der Waals surface area contributed by atoms with Crippen LogP contribution in [0.3, 0.4) is 0 Å². The van der Waals surface area contributed by atoms with Gasteiger partial charge in [0.05, 0.1) is 16.7 Å². The Bertz CT molecular complexity index is 4800.